The van der Waals surface area contributed by atoms with Crippen molar-refractivity contribution in [2.24, 2.45) is 0 Å². The quantitative estimate of drug-likeness (QED) is 0.293. The number of nitrogens with zero attached hydrogens (tertiary/aromatic N) is 2. The van der Waals surface area contributed by atoms with Crippen LogP contribution < -0.4 is 10.0 Å². The summed E-state index contributed by atoms with van der Waals surface area (Å²) in [6, 6.07) is 25.0. The van der Waals surface area contributed by atoms with E-state index >= 15 is 0 Å². The Kier molecular flexibility index (Phi) is 10.6. The summed E-state index contributed by atoms with van der Waals surface area (Å²) in [5, 5.41) is 3.08. The summed E-state index contributed by atoms with van der Waals surface area (Å²) in [6.07, 6.45) is 2.33. The van der Waals surface area contributed by atoms with Gasteiger partial charge in [0, 0.05) is 45.2 Å². The fourth-order valence-electron chi connectivity index (χ4n) is 5.19. The molecule has 1 saturated carbocycles. The lowest BCUT2D eigenvalue weighted by Crippen LogP contribution is -2.46. The van der Waals surface area contributed by atoms with E-state index in [1.54, 1.807) is 29.2 Å². The Morgan fingerprint density at radius 2 is 1.53 bits per heavy atom. The molecule has 9 nitrogen and oxygen atoms in total. The van der Waals surface area contributed by atoms with Gasteiger partial charge in [0.25, 0.3) is 0 Å². The van der Waals surface area contributed by atoms with Gasteiger partial charge in [0.1, 0.15) is 6.04 Å². The maximum absolute atomic E-state index is 13.9. The molecule has 0 spiro atoms. The van der Waals surface area contributed by atoms with Gasteiger partial charge in [-0.05, 0) is 48.1 Å². The summed E-state index contributed by atoms with van der Waals surface area (Å²) in [5.41, 5.74) is 2.52. The molecule has 2 fully saturated rings. The van der Waals surface area contributed by atoms with Crippen molar-refractivity contribution < 1.29 is 22.7 Å². The van der Waals surface area contributed by atoms with Crippen LogP contribution in [-0.2, 0) is 37.3 Å². The van der Waals surface area contributed by atoms with Crippen LogP contribution >= 0.6 is 0 Å². The van der Waals surface area contributed by atoms with Gasteiger partial charge in [-0.15, -0.1) is 0 Å². The molecule has 0 radical (unpaired) electrons. The average Bonchev–Trinajstić information content (AvgIpc) is 3.85. The van der Waals surface area contributed by atoms with Gasteiger partial charge < -0.3 is 15.0 Å². The summed E-state index contributed by atoms with van der Waals surface area (Å²) in [6.45, 7) is 4.51. The van der Waals surface area contributed by atoms with Gasteiger partial charge in [-0.3, -0.25) is 14.5 Å². The zero-order valence-electron chi connectivity index (χ0n) is 24.4. The van der Waals surface area contributed by atoms with Crippen LogP contribution in [0.2, 0.25) is 0 Å². The molecule has 1 heterocycles. The molecule has 0 unspecified atom stereocenters. The smallest absolute Gasteiger partial charge is 0.247 e. The van der Waals surface area contributed by atoms with Gasteiger partial charge in [-0.2, -0.15) is 0 Å². The van der Waals surface area contributed by atoms with E-state index in [2.05, 4.69) is 14.9 Å². The van der Waals surface area contributed by atoms with E-state index in [-0.39, 0.29) is 35.7 Å². The largest absolute Gasteiger partial charge is 0.379 e. The van der Waals surface area contributed by atoms with Gasteiger partial charge in [0.2, 0.25) is 21.8 Å². The first kappa shape index (κ1) is 30.9. The van der Waals surface area contributed by atoms with Crippen LogP contribution in [0.3, 0.4) is 0 Å². The van der Waals surface area contributed by atoms with Crippen molar-refractivity contribution in [1.82, 2.24) is 19.8 Å². The van der Waals surface area contributed by atoms with Crippen LogP contribution in [0.15, 0.2) is 89.8 Å². The van der Waals surface area contributed by atoms with E-state index in [0.29, 0.717) is 32.7 Å². The standard InChI is InChI=1S/C33H40N4O5S/c38-31(18-13-26-11-16-30(17-12-26)43(40,41)35-29-14-15-29)37(25-27-7-3-1-4-8-27)32(28-9-5-2-6-10-28)33(39)34-19-20-36-21-23-42-24-22-36/h1-12,16-17,29,32,35H,13-15,18-25H2,(H,34,39)/t32-/m1/s1. The third-order valence-corrected chi connectivity index (χ3v) is 9.32. The molecule has 2 N–H and O–H groups in total. The Labute approximate surface area is 254 Å². The first-order chi connectivity index (χ1) is 20.9. The molecular weight excluding hydrogens is 564 g/mol. The first-order valence-electron chi connectivity index (χ1n) is 15.0. The Balaban J connectivity index is 1.31. The van der Waals surface area contributed by atoms with Crippen LogP contribution in [0.1, 0.15) is 42.0 Å². The summed E-state index contributed by atoms with van der Waals surface area (Å²) in [7, 11) is -3.54. The number of ether oxygens (including phenoxy) is 1. The molecule has 2 aliphatic rings. The van der Waals surface area contributed by atoms with E-state index in [1.807, 2.05) is 60.7 Å². The molecule has 0 aromatic heterocycles. The summed E-state index contributed by atoms with van der Waals surface area (Å²) >= 11 is 0. The zero-order chi connectivity index (χ0) is 30.1. The molecule has 5 rings (SSSR count). The number of hydrogen-bond donors (Lipinski definition) is 2. The molecule has 3 aromatic rings. The van der Waals surface area contributed by atoms with Crippen LogP contribution in [0.4, 0.5) is 0 Å². The Morgan fingerprint density at radius 3 is 2.19 bits per heavy atom. The predicted octanol–water partition coefficient (Wildman–Crippen LogP) is 3.28. The number of nitrogens with one attached hydrogen (secondary N) is 2. The molecule has 1 atom stereocenters. The Bertz CT molecular complexity index is 1440. The molecular formula is C33H40N4O5S. The van der Waals surface area contributed by atoms with Crippen molar-refractivity contribution in [3.63, 3.8) is 0 Å². The van der Waals surface area contributed by atoms with Crippen molar-refractivity contribution in [1.29, 1.82) is 0 Å². The molecule has 2 amide bonds. The van der Waals surface area contributed by atoms with Gasteiger partial charge in [0.15, 0.2) is 0 Å². The highest BCUT2D eigenvalue weighted by Gasteiger charge is 2.32. The van der Waals surface area contributed by atoms with Gasteiger partial charge >= 0.3 is 0 Å². The van der Waals surface area contributed by atoms with Gasteiger partial charge in [0.05, 0.1) is 18.1 Å². The lowest BCUT2D eigenvalue weighted by Gasteiger charge is -2.32. The SMILES string of the molecule is O=C(NCCN1CCOCC1)[C@@H](c1ccccc1)N(Cc1ccccc1)C(=O)CCc1ccc(S(=O)(=O)NC2CC2)cc1. The number of carbonyl (C=O) groups excluding carboxylic acids is 2. The maximum Gasteiger partial charge on any atom is 0.247 e. The highest BCUT2D eigenvalue weighted by Crippen LogP contribution is 2.26. The third kappa shape index (κ3) is 8.96. The van der Waals surface area contributed by atoms with Crippen LogP contribution in [0, 0.1) is 0 Å². The minimum Gasteiger partial charge on any atom is -0.379 e. The van der Waals surface area contributed by atoms with Crippen molar-refractivity contribution in [3.8, 4) is 0 Å². The summed E-state index contributed by atoms with van der Waals surface area (Å²) in [5.74, 6) is -0.380. The Morgan fingerprint density at radius 1 is 0.884 bits per heavy atom. The van der Waals surface area contributed by atoms with Crippen LogP contribution in [0.25, 0.3) is 0 Å². The second-order valence-corrected chi connectivity index (χ2v) is 12.8. The zero-order valence-corrected chi connectivity index (χ0v) is 25.2. The van der Waals surface area contributed by atoms with Crippen molar-refractivity contribution in [2.75, 3.05) is 39.4 Å². The third-order valence-electron chi connectivity index (χ3n) is 7.78. The number of aryl methyl sites for hydroxylation is 1. The monoisotopic (exact) mass is 604 g/mol. The van der Waals surface area contributed by atoms with Crippen molar-refractivity contribution in [2.45, 2.75) is 49.2 Å². The summed E-state index contributed by atoms with van der Waals surface area (Å²) < 4.78 is 33.2. The van der Waals surface area contributed by atoms with Gasteiger partial charge in [-0.1, -0.05) is 72.8 Å². The van der Waals surface area contributed by atoms with Crippen molar-refractivity contribution in [3.05, 3.63) is 102 Å². The Hall–Kier alpha value is -3.57. The summed E-state index contributed by atoms with van der Waals surface area (Å²) in [4.78, 5) is 31.9. The number of carbonyl (C=O) groups is 2. The molecule has 1 aliphatic carbocycles. The number of hydrogen-bond acceptors (Lipinski definition) is 6. The number of benzene rings is 3. The van der Waals surface area contributed by atoms with E-state index in [1.165, 1.54) is 0 Å². The van der Waals surface area contributed by atoms with Crippen molar-refractivity contribution >= 4 is 21.8 Å². The number of sulfonamides is 1. The molecule has 3 aromatic carbocycles. The molecule has 0 bridgehead atoms. The molecule has 43 heavy (non-hydrogen) atoms. The molecule has 228 valence electrons. The fourth-order valence-corrected chi connectivity index (χ4v) is 6.49. The normalized spacial score (nSPS) is 16.4. The van der Waals surface area contributed by atoms with E-state index in [0.717, 1.165) is 42.6 Å². The second-order valence-electron chi connectivity index (χ2n) is 11.1. The van der Waals surface area contributed by atoms with Gasteiger partial charge in [-0.25, -0.2) is 13.1 Å². The predicted molar refractivity (Wildman–Crippen MR) is 165 cm³/mol. The van der Waals surface area contributed by atoms with Crippen LogP contribution in [0.5, 0.6) is 0 Å². The molecule has 10 heteroatoms. The number of amides is 2. The minimum absolute atomic E-state index is 0.0343. The number of rotatable bonds is 14. The first-order valence-corrected chi connectivity index (χ1v) is 16.4. The second kappa shape index (κ2) is 14.7. The van der Waals surface area contributed by atoms with E-state index in [4.69, 9.17) is 4.74 Å². The fraction of sp³-hybridized carbons (Fsp3) is 0.394. The topological polar surface area (TPSA) is 108 Å². The maximum atomic E-state index is 13.9. The van der Waals surface area contributed by atoms with Crippen LogP contribution in [-0.4, -0.2) is 75.5 Å². The minimum atomic E-state index is -3.54. The highest BCUT2D eigenvalue weighted by molar-refractivity contribution is 7.89. The number of morpholine rings is 1. The average molecular weight is 605 g/mol. The van der Waals surface area contributed by atoms with E-state index < -0.39 is 16.1 Å². The molecule has 1 aliphatic heterocycles. The molecule has 1 saturated heterocycles. The lowest BCUT2D eigenvalue weighted by atomic mass is 10.0. The highest BCUT2D eigenvalue weighted by atomic mass is 32.2. The lowest BCUT2D eigenvalue weighted by molar-refractivity contribution is -0.141. The van der Waals surface area contributed by atoms with E-state index in [9.17, 15) is 18.0 Å².